The van der Waals surface area contributed by atoms with Gasteiger partial charge in [-0.15, -0.1) is 0 Å². The number of likely N-dealkylation sites (tertiary alicyclic amines) is 2. The lowest BCUT2D eigenvalue weighted by Crippen LogP contribution is -2.46. The maximum Gasteiger partial charge on any atom is 0.282 e. The minimum absolute atomic E-state index is 0.137. The van der Waals surface area contributed by atoms with Gasteiger partial charge in [0.1, 0.15) is 4.47 Å². The van der Waals surface area contributed by atoms with Crippen LogP contribution < -0.4 is 21.1 Å². The highest BCUT2D eigenvalue weighted by Crippen LogP contribution is 2.43. The second-order valence-corrected chi connectivity index (χ2v) is 15.7. The van der Waals surface area contributed by atoms with Crippen molar-refractivity contribution in [3.05, 3.63) is 86.2 Å². The van der Waals surface area contributed by atoms with Crippen LogP contribution in [-0.2, 0) is 23.2 Å². The van der Waals surface area contributed by atoms with E-state index in [-0.39, 0.29) is 29.3 Å². The Balaban J connectivity index is 0.893. The van der Waals surface area contributed by atoms with Gasteiger partial charge in [-0.05, 0) is 115 Å². The predicted octanol–water partition coefficient (Wildman–Crippen LogP) is 4.85. The zero-order chi connectivity index (χ0) is 34.1. The monoisotopic (exact) mass is 729 g/mol. The van der Waals surface area contributed by atoms with Crippen LogP contribution in [0.5, 0.6) is 0 Å². The van der Waals surface area contributed by atoms with E-state index in [1.807, 2.05) is 6.07 Å². The first kappa shape index (κ1) is 33.9. The highest BCUT2D eigenvalue weighted by atomic mass is 79.9. The molecule has 2 aromatic carbocycles. The number of aromatic nitrogens is 2. The molecular weight excluding hydrogens is 682 g/mol. The Morgan fingerprint density at radius 2 is 1.67 bits per heavy atom. The summed E-state index contributed by atoms with van der Waals surface area (Å²) in [6, 6.07) is 17.9. The van der Waals surface area contributed by atoms with Crippen LogP contribution >= 0.6 is 15.9 Å². The summed E-state index contributed by atoms with van der Waals surface area (Å²) < 4.78 is 1.87. The fraction of sp³-hybridized carbons (Fsp3) is 0.526. The third kappa shape index (κ3) is 7.64. The third-order valence-electron chi connectivity index (χ3n) is 11.5. The smallest absolute Gasteiger partial charge is 0.282 e. The molecule has 4 aliphatic heterocycles. The van der Waals surface area contributed by atoms with Crippen LogP contribution in [0, 0.1) is 5.41 Å². The van der Waals surface area contributed by atoms with Crippen molar-refractivity contribution < 1.29 is 9.59 Å². The van der Waals surface area contributed by atoms with Crippen molar-refractivity contribution in [3.8, 4) is 0 Å². The van der Waals surface area contributed by atoms with Gasteiger partial charge in [-0.2, -0.15) is 5.10 Å². The van der Waals surface area contributed by atoms with Crippen LogP contribution in [0.25, 0.3) is 0 Å². The first-order chi connectivity index (χ1) is 23.6. The summed E-state index contributed by atoms with van der Waals surface area (Å²) in [5.74, 6) is -0.152. The summed E-state index contributed by atoms with van der Waals surface area (Å²) in [7, 11) is 3.83. The number of imide groups is 1. The second-order valence-electron chi connectivity index (χ2n) is 14.9. The fourth-order valence-electron chi connectivity index (χ4n) is 8.52. The number of anilines is 2. The minimum Gasteiger partial charge on any atom is -0.379 e. The number of carbonyl (C=O) groups excluding carboxylic acids is 2. The van der Waals surface area contributed by atoms with Crippen LogP contribution in [0.4, 0.5) is 11.4 Å². The van der Waals surface area contributed by atoms with E-state index >= 15 is 0 Å². The van der Waals surface area contributed by atoms with Gasteiger partial charge in [0.05, 0.1) is 17.8 Å². The third-order valence-corrected chi connectivity index (χ3v) is 12.3. The molecule has 260 valence electrons. The summed E-state index contributed by atoms with van der Waals surface area (Å²) in [6.07, 6.45) is 8.63. The summed E-state index contributed by atoms with van der Waals surface area (Å²) in [5.41, 5.74) is 5.99. The van der Waals surface area contributed by atoms with Crippen molar-refractivity contribution in [1.82, 2.24) is 24.9 Å². The first-order valence-electron chi connectivity index (χ1n) is 17.8. The molecule has 1 unspecified atom stereocenters. The molecule has 49 heavy (non-hydrogen) atoms. The van der Waals surface area contributed by atoms with Gasteiger partial charge in [0.2, 0.25) is 11.8 Å². The van der Waals surface area contributed by atoms with Gasteiger partial charge >= 0.3 is 0 Å². The van der Waals surface area contributed by atoms with Crippen molar-refractivity contribution in [1.29, 1.82) is 0 Å². The van der Waals surface area contributed by atoms with E-state index in [2.05, 4.69) is 95.9 Å². The second kappa shape index (κ2) is 14.4. The van der Waals surface area contributed by atoms with E-state index in [1.54, 1.807) is 13.2 Å². The van der Waals surface area contributed by atoms with E-state index in [1.165, 1.54) is 47.2 Å². The Labute approximate surface area is 297 Å². The van der Waals surface area contributed by atoms with Gasteiger partial charge in [0.15, 0.2) is 0 Å². The van der Waals surface area contributed by atoms with E-state index in [0.29, 0.717) is 28.6 Å². The quantitative estimate of drug-likeness (QED) is 0.333. The van der Waals surface area contributed by atoms with Gasteiger partial charge in [-0.1, -0.05) is 36.4 Å². The van der Waals surface area contributed by atoms with Crippen LogP contribution in [-0.4, -0.2) is 83.8 Å². The number of likely N-dealkylation sites (N-methyl/N-ethyl adjacent to an activating group) is 1. The normalized spacial score (nSPS) is 25.0. The number of nitrogens with zero attached hydrogens (tertiary/aromatic N) is 5. The Morgan fingerprint density at radius 1 is 0.939 bits per heavy atom. The van der Waals surface area contributed by atoms with Gasteiger partial charge < -0.3 is 15.1 Å². The molecule has 4 aliphatic rings. The molecule has 2 amide bonds. The molecule has 3 atom stereocenters. The van der Waals surface area contributed by atoms with Crippen LogP contribution in [0.2, 0.25) is 0 Å². The molecule has 1 spiro atoms. The molecular formula is C38H48BrN7O3. The fourth-order valence-corrected chi connectivity index (χ4v) is 9.00. The Bertz CT molecular complexity index is 1730. The van der Waals surface area contributed by atoms with Crippen molar-refractivity contribution >= 4 is 39.1 Å². The number of hydrogen-bond donors (Lipinski definition) is 2. The zero-order valence-corrected chi connectivity index (χ0v) is 30.3. The van der Waals surface area contributed by atoms with Crippen molar-refractivity contribution in [2.75, 3.05) is 56.5 Å². The standard InChI is InChI=1S/C38H48BrN7O3/c1-43-24-29(20-30(25-43)41-33-22-40-44(2)37(49)35(33)39)27-8-6-26(7-9-27)23-45-16-12-38(13-17-45)14-18-46(19-15-38)31-5-3-4-28(21-31)32-10-11-34(47)42-36(32)48/h3-9,21-22,29-30,32,41H,10-20,23-25H2,1-2H3,(H,42,47,48)/t29-,30+,32?/m1/s1. The first-order valence-corrected chi connectivity index (χ1v) is 18.6. The summed E-state index contributed by atoms with van der Waals surface area (Å²) >= 11 is 3.46. The van der Waals surface area contributed by atoms with Gasteiger partial charge in [0.25, 0.3) is 5.56 Å². The van der Waals surface area contributed by atoms with Crippen molar-refractivity contribution in [2.24, 2.45) is 12.5 Å². The number of nitrogens with one attached hydrogen (secondary N) is 2. The van der Waals surface area contributed by atoms with Gasteiger partial charge in [0, 0.05) is 57.9 Å². The molecule has 5 heterocycles. The molecule has 2 N–H and O–H groups in total. The summed E-state index contributed by atoms with van der Waals surface area (Å²) in [4.78, 5) is 43.9. The number of rotatable bonds is 7. The molecule has 0 saturated carbocycles. The molecule has 10 nitrogen and oxygen atoms in total. The SMILES string of the molecule is CN1C[C@@H](Nc2cnn(C)c(=O)c2Br)C[C@@H](c2ccc(CN3CCC4(CC3)CCN(c3cccc(C5CCC(=O)NC5=O)c3)CC4)cc2)C1. The van der Waals surface area contributed by atoms with Crippen molar-refractivity contribution in [2.45, 2.75) is 69.4 Å². The maximum atomic E-state index is 12.5. The molecule has 4 fully saturated rings. The number of benzene rings is 2. The molecule has 0 aliphatic carbocycles. The number of hydrogen-bond acceptors (Lipinski definition) is 8. The number of amides is 2. The maximum absolute atomic E-state index is 12.5. The topological polar surface area (TPSA) is 103 Å². The Kier molecular flexibility index (Phi) is 9.95. The molecule has 1 aromatic heterocycles. The van der Waals surface area contributed by atoms with Crippen LogP contribution in [0.1, 0.15) is 73.5 Å². The average Bonchev–Trinajstić information content (AvgIpc) is 3.10. The van der Waals surface area contributed by atoms with Crippen LogP contribution in [0.15, 0.2) is 64.0 Å². The summed E-state index contributed by atoms with van der Waals surface area (Å²) in [5, 5.41) is 10.3. The molecule has 4 saturated heterocycles. The lowest BCUT2D eigenvalue weighted by atomic mass is 9.71. The predicted molar refractivity (Wildman–Crippen MR) is 196 cm³/mol. The number of carbonyl (C=O) groups is 2. The van der Waals surface area contributed by atoms with Crippen LogP contribution in [0.3, 0.4) is 0 Å². The number of aryl methyl sites for hydroxylation is 1. The lowest BCUT2D eigenvalue weighted by molar-refractivity contribution is -0.134. The van der Waals surface area contributed by atoms with E-state index in [0.717, 1.165) is 63.5 Å². The van der Waals surface area contributed by atoms with E-state index in [9.17, 15) is 14.4 Å². The van der Waals surface area contributed by atoms with E-state index in [4.69, 9.17) is 0 Å². The number of piperidine rings is 4. The Morgan fingerprint density at radius 3 is 2.41 bits per heavy atom. The molecule has 0 radical (unpaired) electrons. The Hall–Kier alpha value is -3.54. The average molecular weight is 731 g/mol. The minimum atomic E-state index is -0.238. The van der Waals surface area contributed by atoms with Gasteiger partial charge in [-0.25, -0.2) is 4.68 Å². The summed E-state index contributed by atoms with van der Waals surface area (Å²) in [6.45, 7) is 7.30. The highest BCUT2D eigenvalue weighted by Gasteiger charge is 2.38. The molecule has 3 aromatic rings. The largest absolute Gasteiger partial charge is 0.379 e. The molecule has 11 heteroatoms. The zero-order valence-electron chi connectivity index (χ0n) is 28.7. The molecule has 7 rings (SSSR count). The highest BCUT2D eigenvalue weighted by molar-refractivity contribution is 9.10. The molecule has 0 bridgehead atoms. The number of halogens is 1. The lowest BCUT2D eigenvalue weighted by Gasteiger charge is -2.47. The van der Waals surface area contributed by atoms with Crippen molar-refractivity contribution in [3.63, 3.8) is 0 Å². The van der Waals surface area contributed by atoms with Gasteiger partial charge in [-0.3, -0.25) is 24.6 Å². The van der Waals surface area contributed by atoms with E-state index < -0.39 is 0 Å².